The van der Waals surface area contributed by atoms with E-state index in [1.54, 1.807) is 11.3 Å². The summed E-state index contributed by atoms with van der Waals surface area (Å²) in [6.45, 7) is 8.35. The Bertz CT molecular complexity index is 947. The van der Waals surface area contributed by atoms with E-state index >= 15 is 0 Å². The van der Waals surface area contributed by atoms with E-state index in [2.05, 4.69) is 39.1 Å². The average molecular weight is 384 g/mol. The highest BCUT2D eigenvalue weighted by Gasteiger charge is 2.21. The van der Waals surface area contributed by atoms with Crippen LogP contribution >= 0.6 is 11.3 Å². The number of carbonyl (C=O) groups is 1. The fourth-order valence-corrected chi connectivity index (χ4v) is 4.55. The first-order valence-corrected chi connectivity index (χ1v) is 10.3. The van der Waals surface area contributed by atoms with Crippen LogP contribution in [0, 0.1) is 13.8 Å². The average Bonchev–Trinajstić information content (AvgIpc) is 3.10. The largest absolute Gasteiger partial charge is 0.358 e. The van der Waals surface area contributed by atoms with Crippen molar-refractivity contribution in [2.24, 2.45) is 0 Å². The number of carbonyl (C=O) groups excluding carboxylic acids is 1. The van der Waals surface area contributed by atoms with Gasteiger partial charge in [-0.1, -0.05) is 18.2 Å². The number of nitrogens with one attached hydrogen (secondary N) is 1. The number of aryl methyl sites for hydroxylation is 2. The zero-order valence-electron chi connectivity index (χ0n) is 15.9. The molecule has 3 aromatic rings. The van der Waals surface area contributed by atoms with E-state index in [0.717, 1.165) is 71.3 Å². The van der Waals surface area contributed by atoms with Crippen molar-refractivity contribution < 1.29 is 4.79 Å². The monoisotopic (exact) mass is 383 g/mol. The van der Waals surface area contributed by atoms with E-state index in [-0.39, 0.29) is 5.91 Å². The summed E-state index contributed by atoms with van der Waals surface area (Å²) >= 11 is 1.65. The molecule has 1 saturated heterocycles. The molecule has 142 valence electrons. The Hall–Kier alpha value is -2.25. The van der Waals surface area contributed by atoms with Crippen LogP contribution in [0.2, 0.25) is 0 Å². The van der Waals surface area contributed by atoms with Crippen LogP contribution < -0.4 is 0 Å². The molecule has 0 aliphatic carbocycles. The van der Waals surface area contributed by atoms with Crippen LogP contribution in [-0.4, -0.2) is 57.1 Å². The van der Waals surface area contributed by atoms with Crippen molar-refractivity contribution in [3.8, 4) is 0 Å². The predicted molar refractivity (Wildman–Crippen MR) is 108 cm³/mol. The number of para-hydroxylation sites is 1. The first-order chi connectivity index (χ1) is 13.1. The van der Waals surface area contributed by atoms with Crippen molar-refractivity contribution in [3.05, 3.63) is 45.5 Å². The molecule has 0 spiro atoms. The second-order valence-electron chi connectivity index (χ2n) is 7.18. The highest BCUT2D eigenvalue weighted by Crippen LogP contribution is 2.23. The van der Waals surface area contributed by atoms with Crippen LogP contribution in [-0.2, 0) is 17.8 Å². The van der Waals surface area contributed by atoms with Crippen LogP contribution in [0.15, 0.2) is 24.3 Å². The first-order valence-electron chi connectivity index (χ1n) is 9.45. The lowest BCUT2D eigenvalue weighted by Crippen LogP contribution is -2.36. The van der Waals surface area contributed by atoms with Gasteiger partial charge in [0.05, 0.1) is 13.0 Å². The third kappa shape index (κ3) is 4.04. The SMILES string of the molecule is Cc1nnc(CN2CCCN(C(=O)Cc3c(C)[nH]c4ccccc34)CC2)s1. The molecule has 1 N–H and O–H groups in total. The maximum atomic E-state index is 13.0. The van der Waals surface area contributed by atoms with Crippen LogP contribution in [0.25, 0.3) is 10.9 Å². The van der Waals surface area contributed by atoms with Crippen molar-refractivity contribution in [2.75, 3.05) is 26.2 Å². The molecule has 2 aromatic heterocycles. The number of rotatable bonds is 4. The molecule has 1 aliphatic heterocycles. The highest BCUT2D eigenvalue weighted by atomic mass is 32.1. The number of aromatic nitrogens is 3. The number of H-pyrrole nitrogens is 1. The van der Waals surface area contributed by atoms with Crippen LogP contribution in [0.4, 0.5) is 0 Å². The van der Waals surface area contributed by atoms with Gasteiger partial charge in [0.2, 0.25) is 5.91 Å². The first kappa shape index (κ1) is 18.1. The smallest absolute Gasteiger partial charge is 0.227 e. The minimum absolute atomic E-state index is 0.219. The summed E-state index contributed by atoms with van der Waals surface area (Å²) in [4.78, 5) is 20.7. The third-order valence-corrected chi connectivity index (χ3v) is 6.05. The van der Waals surface area contributed by atoms with E-state index in [0.29, 0.717) is 6.42 Å². The summed E-state index contributed by atoms with van der Waals surface area (Å²) in [5.74, 6) is 0.219. The quantitative estimate of drug-likeness (QED) is 0.752. The van der Waals surface area contributed by atoms with Gasteiger partial charge in [-0.25, -0.2) is 0 Å². The number of fused-ring (bicyclic) bond motifs is 1. The van der Waals surface area contributed by atoms with Gasteiger partial charge in [-0.15, -0.1) is 21.5 Å². The van der Waals surface area contributed by atoms with Gasteiger partial charge in [-0.2, -0.15) is 0 Å². The number of aromatic amines is 1. The molecule has 1 aromatic carbocycles. The van der Waals surface area contributed by atoms with Crippen molar-refractivity contribution in [1.82, 2.24) is 25.0 Å². The molecule has 7 heteroatoms. The van der Waals surface area contributed by atoms with Crippen LogP contribution in [0.5, 0.6) is 0 Å². The Kier molecular flexibility index (Phi) is 5.22. The minimum atomic E-state index is 0.219. The standard InChI is InChI=1S/C20H25N5OS/c1-14-17(16-6-3-4-7-18(16)21-14)12-20(26)25-9-5-8-24(10-11-25)13-19-23-22-15(2)27-19/h3-4,6-7,21H,5,8-13H2,1-2H3. The number of hydrogen-bond donors (Lipinski definition) is 1. The van der Waals surface area contributed by atoms with E-state index in [1.165, 1.54) is 0 Å². The molecule has 1 amide bonds. The molecular weight excluding hydrogens is 358 g/mol. The van der Waals surface area contributed by atoms with Gasteiger partial charge in [-0.05, 0) is 31.9 Å². The summed E-state index contributed by atoms with van der Waals surface area (Å²) in [6.07, 6.45) is 1.46. The molecule has 1 aliphatic rings. The molecule has 0 atom stereocenters. The van der Waals surface area contributed by atoms with Gasteiger partial charge in [-0.3, -0.25) is 9.69 Å². The van der Waals surface area contributed by atoms with E-state index in [1.807, 2.05) is 24.0 Å². The van der Waals surface area contributed by atoms with Crippen molar-refractivity contribution in [1.29, 1.82) is 0 Å². The van der Waals surface area contributed by atoms with Crippen LogP contribution in [0.3, 0.4) is 0 Å². The molecule has 0 saturated carbocycles. The van der Waals surface area contributed by atoms with Crippen molar-refractivity contribution >= 4 is 28.1 Å². The topological polar surface area (TPSA) is 65.1 Å². The number of nitrogens with zero attached hydrogens (tertiary/aromatic N) is 4. The number of hydrogen-bond acceptors (Lipinski definition) is 5. The lowest BCUT2D eigenvalue weighted by atomic mass is 10.1. The van der Waals surface area contributed by atoms with Gasteiger partial charge in [0.15, 0.2) is 0 Å². The van der Waals surface area contributed by atoms with Gasteiger partial charge in [0.1, 0.15) is 10.0 Å². The Morgan fingerprint density at radius 2 is 2.00 bits per heavy atom. The van der Waals surface area contributed by atoms with E-state index in [9.17, 15) is 4.79 Å². The lowest BCUT2D eigenvalue weighted by Gasteiger charge is -2.21. The second kappa shape index (κ2) is 7.78. The second-order valence-corrected chi connectivity index (χ2v) is 8.44. The Morgan fingerprint density at radius 1 is 1.15 bits per heavy atom. The van der Waals surface area contributed by atoms with E-state index in [4.69, 9.17) is 0 Å². The summed E-state index contributed by atoms with van der Waals surface area (Å²) in [5, 5.41) is 11.5. The van der Waals surface area contributed by atoms with Gasteiger partial charge in [0, 0.05) is 42.8 Å². The maximum Gasteiger partial charge on any atom is 0.227 e. The maximum absolute atomic E-state index is 13.0. The number of benzene rings is 1. The lowest BCUT2D eigenvalue weighted by molar-refractivity contribution is -0.130. The molecular formula is C20H25N5OS. The van der Waals surface area contributed by atoms with E-state index < -0.39 is 0 Å². The summed E-state index contributed by atoms with van der Waals surface area (Å²) in [7, 11) is 0. The normalized spacial score (nSPS) is 16.0. The number of amides is 1. The molecule has 27 heavy (non-hydrogen) atoms. The fourth-order valence-electron chi connectivity index (χ4n) is 3.80. The third-order valence-electron chi connectivity index (χ3n) is 5.22. The Balaban J connectivity index is 1.40. The zero-order chi connectivity index (χ0) is 18.8. The van der Waals surface area contributed by atoms with Crippen molar-refractivity contribution in [3.63, 3.8) is 0 Å². The molecule has 0 bridgehead atoms. The Morgan fingerprint density at radius 3 is 2.81 bits per heavy atom. The molecule has 0 unspecified atom stereocenters. The summed E-state index contributed by atoms with van der Waals surface area (Å²) < 4.78 is 0. The van der Waals surface area contributed by atoms with Gasteiger partial charge >= 0.3 is 0 Å². The van der Waals surface area contributed by atoms with Crippen molar-refractivity contribution in [2.45, 2.75) is 33.2 Å². The zero-order valence-corrected chi connectivity index (χ0v) is 16.7. The summed E-state index contributed by atoms with van der Waals surface area (Å²) in [5.41, 5.74) is 3.32. The predicted octanol–water partition coefficient (Wildman–Crippen LogP) is 2.91. The highest BCUT2D eigenvalue weighted by molar-refractivity contribution is 7.11. The molecule has 1 fully saturated rings. The van der Waals surface area contributed by atoms with Crippen LogP contribution in [0.1, 0.15) is 27.7 Å². The molecule has 4 rings (SSSR count). The Labute approximate surface area is 163 Å². The molecule has 3 heterocycles. The summed E-state index contributed by atoms with van der Waals surface area (Å²) in [6, 6.07) is 8.21. The van der Waals surface area contributed by atoms with Gasteiger partial charge < -0.3 is 9.88 Å². The fraction of sp³-hybridized carbons (Fsp3) is 0.450. The molecule has 6 nitrogen and oxygen atoms in total. The minimum Gasteiger partial charge on any atom is -0.358 e. The molecule has 0 radical (unpaired) electrons. The van der Waals surface area contributed by atoms with Gasteiger partial charge in [0.25, 0.3) is 0 Å².